The Hall–Kier alpha value is -1.69. The van der Waals surface area contributed by atoms with E-state index in [1.165, 1.54) is 6.20 Å². The molecule has 1 aliphatic rings. The number of nitrogens with zero attached hydrogens (tertiary/aromatic N) is 1. The first-order valence-corrected chi connectivity index (χ1v) is 6.14. The van der Waals surface area contributed by atoms with E-state index in [0.717, 1.165) is 0 Å². The first kappa shape index (κ1) is 12.8. The Morgan fingerprint density at radius 2 is 1.94 bits per heavy atom. The van der Waals surface area contributed by atoms with Gasteiger partial charge in [-0.3, -0.25) is 4.65 Å². The minimum atomic E-state index is -0.847. The summed E-state index contributed by atoms with van der Waals surface area (Å²) in [4.78, 5) is 0.239. The number of quaternary nitrogens is 1. The van der Waals surface area contributed by atoms with Gasteiger partial charge in [0.25, 0.3) is 0 Å². The summed E-state index contributed by atoms with van der Waals surface area (Å²) in [6.45, 7) is 1.76. The van der Waals surface area contributed by atoms with E-state index in [-0.39, 0.29) is 16.2 Å². The van der Waals surface area contributed by atoms with Crippen molar-refractivity contribution >= 4 is 21.9 Å². The lowest BCUT2D eigenvalue weighted by Crippen LogP contribution is -2.45. The molecule has 1 heterocycles. The fraction of sp³-hybridized carbons (Fsp3) is 0.154. The van der Waals surface area contributed by atoms with Crippen molar-refractivity contribution < 1.29 is 8.95 Å². The summed E-state index contributed by atoms with van der Waals surface area (Å²) in [5.74, 6) is 0.676. The van der Waals surface area contributed by atoms with Gasteiger partial charge in [-0.25, -0.2) is 4.21 Å². The molecule has 0 fully saturated rings. The van der Waals surface area contributed by atoms with Crippen LogP contribution >= 0.6 is 0 Å². The van der Waals surface area contributed by atoms with Crippen LogP contribution in [0, 0.1) is 5.21 Å². The Morgan fingerprint density at radius 3 is 2.50 bits per heavy atom. The largest absolute Gasteiger partial charge is 0.616 e. The number of hydrogen-bond acceptors (Lipinski definition) is 3. The molecule has 2 rings (SSSR count). The lowest BCUT2D eigenvalue weighted by molar-refractivity contribution is 0.414. The summed E-state index contributed by atoms with van der Waals surface area (Å²) in [5.41, 5.74) is 1.18. The maximum Gasteiger partial charge on any atom is 0.239 e. The minimum Gasteiger partial charge on any atom is -0.616 e. The van der Waals surface area contributed by atoms with Gasteiger partial charge in [-0.2, -0.15) is 0 Å². The number of hydrogen-bond donors (Lipinski definition) is 0. The van der Waals surface area contributed by atoms with Crippen molar-refractivity contribution in [2.45, 2.75) is 6.92 Å². The molecule has 0 aliphatic carbocycles. The van der Waals surface area contributed by atoms with Crippen molar-refractivity contribution in [2.75, 3.05) is 7.11 Å². The van der Waals surface area contributed by atoms with E-state index in [4.69, 9.17) is 4.74 Å². The predicted octanol–water partition coefficient (Wildman–Crippen LogP) is 2.32. The Morgan fingerprint density at radius 1 is 1.28 bits per heavy atom. The third-order valence-corrected chi connectivity index (χ3v) is 3.57. The molecule has 5 heteroatoms. The summed E-state index contributed by atoms with van der Waals surface area (Å²) in [5, 5.41) is 12.8. The molecule has 0 N–H and O–H groups in total. The molecule has 0 spiro atoms. The zero-order valence-electron chi connectivity index (χ0n) is 10.1. The van der Waals surface area contributed by atoms with Gasteiger partial charge < -0.3 is 9.94 Å². The Labute approximate surface area is 109 Å². The normalized spacial score (nSPS) is 22.6. The molecule has 1 aromatic carbocycles. The highest BCUT2D eigenvalue weighted by Crippen LogP contribution is 2.29. The second kappa shape index (κ2) is 4.89. The number of benzene rings is 1. The summed E-state index contributed by atoms with van der Waals surface area (Å²) in [6.07, 6.45) is 4.89. The lowest BCUT2D eigenvalue weighted by Gasteiger charge is -2.39. The van der Waals surface area contributed by atoms with Gasteiger partial charge >= 0.3 is 0 Å². The summed E-state index contributed by atoms with van der Waals surface area (Å²) >= 11 is 0.241. The number of rotatable bonds is 2. The van der Waals surface area contributed by atoms with Crippen LogP contribution in [0.25, 0.3) is 0 Å². The number of hydroxylamine groups is 2. The highest BCUT2D eigenvalue weighted by atomic mass is 32.1. The van der Waals surface area contributed by atoms with Crippen LogP contribution < -0.4 is 9.38 Å². The van der Waals surface area contributed by atoms with Crippen molar-refractivity contribution in [3.8, 4) is 5.75 Å². The van der Waals surface area contributed by atoms with Crippen LogP contribution in [0.3, 0.4) is 0 Å². The maximum absolute atomic E-state index is 12.8. The topological polar surface area (TPSA) is 49.4 Å². The van der Waals surface area contributed by atoms with Gasteiger partial charge in [-0.1, -0.05) is 0 Å². The molecule has 0 saturated carbocycles. The molecule has 18 heavy (non-hydrogen) atoms. The summed E-state index contributed by atoms with van der Waals surface area (Å²) in [7, 11) is 1.56. The first-order valence-electron chi connectivity index (χ1n) is 5.40. The second-order valence-electron chi connectivity index (χ2n) is 3.94. The molecule has 0 radical (unpaired) electrons. The summed E-state index contributed by atoms with van der Waals surface area (Å²) in [6, 6.07) is 6.76. The maximum atomic E-state index is 12.8. The quantitative estimate of drug-likeness (QED) is 0.467. The second-order valence-corrected chi connectivity index (χ2v) is 4.49. The van der Waals surface area contributed by atoms with Crippen LogP contribution in [0.5, 0.6) is 5.75 Å². The van der Waals surface area contributed by atoms with Crippen molar-refractivity contribution in [1.29, 1.82) is 0 Å². The van der Waals surface area contributed by atoms with Gasteiger partial charge in [0.05, 0.1) is 7.11 Å². The van der Waals surface area contributed by atoms with Gasteiger partial charge in [0, 0.05) is 17.7 Å². The van der Waals surface area contributed by atoms with Crippen LogP contribution in [0.1, 0.15) is 6.92 Å². The molecule has 1 unspecified atom stereocenters. The van der Waals surface area contributed by atoms with Crippen LogP contribution in [-0.2, 0) is 11.3 Å². The molecular weight excluding hydrogens is 250 g/mol. The van der Waals surface area contributed by atoms with Crippen LogP contribution in [0.2, 0.25) is 0 Å². The highest BCUT2D eigenvalue weighted by Gasteiger charge is 2.29. The monoisotopic (exact) mass is 263 g/mol. The SMILES string of the molecule is COc1ccc([N+]2([O-])C=CC=C(C)C2=S=O)cc1. The van der Waals surface area contributed by atoms with E-state index in [9.17, 15) is 9.42 Å². The predicted molar refractivity (Wildman–Crippen MR) is 74.2 cm³/mol. The van der Waals surface area contributed by atoms with Gasteiger partial charge in [0.1, 0.15) is 17.6 Å². The van der Waals surface area contributed by atoms with Crippen LogP contribution in [-0.4, -0.2) is 16.3 Å². The molecule has 1 atom stereocenters. The average Bonchev–Trinajstić information content (AvgIpc) is 2.39. The molecule has 0 bridgehead atoms. The van der Waals surface area contributed by atoms with Gasteiger partial charge in [-0.05, 0) is 31.2 Å². The number of ether oxygens (including phenoxy) is 1. The molecule has 4 nitrogen and oxygen atoms in total. The Bertz CT molecular complexity index is 570. The van der Waals surface area contributed by atoms with Crippen LogP contribution in [0.4, 0.5) is 5.69 Å². The fourth-order valence-corrected chi connectivity index (χ4v) is 2.31. The molecule has 0 aromatic heterocycles. The minimum absolute atomic E-state index is 0.239. The van der Waals surface area contributed by atoms with E-state index < -0.39 is 4.65 Å². The molecule has 1 aromatic rings. The molecule has 0 amide bonds. The van der Waals surface area contributed by atoms with Crippen molar-refractivity contribution in [3.05, 3.63) is 53.4 Å². The molecular formula is C13H13NO3S. The fourth-order valence-electron chi connectivity index (χ4n) is 1.84. The molecule has 94 valence electrons. The first-order chi connectivity index (χ1) is 8.61. The van der Waals surface area contributed by atoms with Crippen molar-refractivity contribution in [3.63, 3.8) is 0 Å². The van der Waals surface area contributed by atoms with Gasteiger partial charge in [0.15, 0.2) is 11.3 Å². The lowest BCUT2D eigenvalue weighted by atomic mass is 10.1. The Balaban J connectivity index is 2.50. The third-order valence-electron chi connectivity index (χ3n) is 2.82. The van der Waals surface area contributed by atoms with Crippen LogP contribution in [0.15, 0.2) is 48.2 Å². The average molecular weight is 263 g/mol. The summed E-state index contributed by atoms with van der Waals surface area (Å²) < 4.78 is 15.4. The third kappa shape index (κ3) is 2.03. The Kier molecular flexibility index (Phi) is 3.47. The number of allylic oxidation sites excluding steroid dienone is 2. The van der Waals surface area contributed by atoms with Gasteiger partial charge in [0.2, 0.25) is 4.99 Å². The van der Waals surface area contributed by atoms with E-state index in [0.29, 0.717) is 17.0 Å². The smallest absolute Gasteiger partial charge is 0.239 e. The van der Waals surface area contributed by atoms with E-state index >= 15 is 0 Å². The van der Waals surface area contributed by atoms with Gasteiger partial charge in [-0.15, -0.1) is 0 Å². The number of methoxy groups -OCH3 is 1. The van der Waals surface area contributed by atoms with E-state index in [1.807, 2.05) is 0 Å². The van der Waals surface area contributed by atoms with Crippen molar-refractivity contribution in [2.24, 2.45) is 0 Å². The van der Waals surface area contributed by atoms with E-state index in [1.54, 1.807) is 50.5 Å². The zero-order valence-corrected chi connectivity index (χ0v) is 10.9. The highest BCUT2D eigenvalue weighted by molar-refractivity contribution is 7.67. The molecule has 1 aliphatic heterocycles. The van der Waals surface area contributed by atoms with E-state index in [2.05, 4.69) is 0 Å². The molecule has 0 saturated heterocycles. The zero-order chi connectivity index (χ0) is 13.2. The van der Waals surface area contributed by atoms with Crippen molar-refractivity contribution in [1.82, 2.24) is 4.65 Å². The standard InChI is InChI=1S/C13H13NO3S/c1-10-4-3-9-14(15,13(10)18-16)11-5-7-12(17-2)8-6-11/h3-9H,1-2H3.